The van der Waals surface area contributed by atoms with Crippen LogP contribution in [0, 0.1) is 17.8 Å². The van der Waals surface area contributed by atoms with Crippen LogP contribution in [0.4, 0.5) is 4.79 Å². The van der Waals surface area contributed by atoms with Gasteiger partial charge in [-0.2, -0.15) is 0 Å². The summed E-state index contributed by atoms with van der Waals surface area (Å²) in [6.07, 6.45) is 6.72. The van der Waals surface area contributed by atoms with Crippen LogP contribution in [0.15, 0.2) is 58.7 Å². The van der Waals surface area contributed by atoms with E-state index in [1.807, 2.05) is 19.9 Å². The van der Waals surface area contributed by atoms with Crippen molar-refractivity contribution in [3.63, 3.8) is 0 Å². The van der Waals surface area contributed by atoms with E-state index in [-0.39, 0.29) is 62.7 Å². The molecule has 0 bridgehead atoms. The zero-order chi connectivity index (χ0) is 76.2. The first-order chi connectivity index (χ1) is 45.3. The number of rotatable bonds is 36. The van der Waals surface area contributed by atoms with Crippen LogP contribution in [0.1, 0.15) is 185 Å². The van der Waals surface area contributed by atoms with Crippen LogP contribution in [0.3, 0.4) is 0 Å². The first kappa shape index (κ1) is 91.3. The summed E-state index contributed by atoms with van der Waals surface area (Å²) in [4.78, 5) is 26.4. The summed E-state index contributed by atoms with van der Waals surface area (Å²) in [6.45, 7) is 68.7. The van der Waals surface area contributed by atoms with E-state index in [0.717, 1.165) is 34.9 Å². The monoisotopic (exact) mass is 1480 g/mol. The van der Waals surface area contributed by atoms with Crippen molar-refractivity contribution in [3.05, 3.63) is 58.7 Å². The molecule has 17 nitrogen and oxygen atoms in total. The standard InChI is InChI=1S/C77H146O17Si5/c1-37-99(38-2,39-3)90-59(50-80-24)48-62-56(9)65(92-96(31,32)74(15,16)17)57(10)77(84-28,89-62)69-64(87-72(79)88-69)49-63(81-25)61(91-95(29,30)73(12,13)14)42-40-41-51(4)43-44-60(54(7)46-52(5)45-53(6)47-55(8)70(78)83-27)86-71-68(94-98(35,36)76(21,22)23)67(66(82-26)58(11)85-71)93-97(33,34)75(18,19)20/h41,43-47,54,56-69,71H,37-40,42,48-50H2,1-36H3/b44-43+,51-41+,52-46+,53-45+,55-47+/t54-,56+,57-,58+,59-,60-,61+,62-,63+,64+,65+,66+,67-,68+,69-,71+,77-/m1/s1. The molecular weight excluding hydrogens is 1340 g/mol. The van der Waals surface area contributed by atoms with Gasteiger partial charge in [-0.25, -0.2) is 9.59 Å². The molecule has 0 aromatic rings. The van der Waals surface area contributed by atoms with Crippen molar-refractivity contribution in [1.29, 1.82) is 0 Å². The van der Waals surface area contributed by atoms with Crippen LogP contribution < -0.4 is 0 Å². The van der Waals surface area contributed by atoms with Crippen LogP contribution in [0.2, 0.25) is 90.7 Å². The predicted molar refractivity (Wildman–Crippen MR) is 415 cm³/mol. The zero-order valence-corrected chi connectivity index (χ0v) is 74.3. The number of carbonyl (C=O) groups is 2. The summed E-state index contributed by atoms with van der Waals surface area (Å²) in [5, 5.41) is -0.473. The molecule has 0 unspecified atom stereocenters. The molecule has 0 saturated carbocycles. The zero-order valence-electron chi connectivity index (χ0n) is 69.3. The minimum absolute atomic E-state index is 0.0926. The Kier molecular flexibility index (Phi) is 34.1. The van der Waals surface area contributed by atoms with E-state index < -0.39 is 121 Å². The number of carbonyl (C=O) groups excluding carboxylic acids is 2. The molecular formula is C77H146O17Si5. The smallest absolute Gasteiger partial charge is 0.466 e. The van der Waals surface area contributed by atoms with Gasteiger partial charge in [-0.05, 0) is 144 Å². The minimum atomic E-state index is -2.51. The van der Waals surface area contributed by atoms with Gasteiger partial charge < -0.3 is 69.5 Å². The predicted octanol–water partition coefficient (Wildman–Crippen LogP) is 19.4. The molecule has 576 valence electrons. The van der Waals surface area contributed by atoms with Crippen LogP contribution in [0.5, 0.6) is 0 Å². The van der Waals surface area contributed by atoms with Crippen molar-refractivity contribution in [2.24, 2.45) is 17.8 Å². The molecule has 3 saturated heterocycles. The second-order valence-corrected chi connectivity index (χ2v) is 58.9. The van der Waals surface area contributed by atoms with Gasteiger partial charge in [-0.15, -0.1) is 0 Å². The molecule has 0 radical (unpaired) electrons. The molecule has 0 spiro atoms. The molecule has 0 aliphatic carbocycles. The molecule has 0 aromatic carbocycles. The summed E-state index contributed by atoms with van der Waals surface area (Å²) < 4.78 is 102. The van der Waals surface area contributed by atoms with Crippen molar-refractivity contribution < 1.29 is 79.1 Å². The number of hydrogen-bond donors (Lipinski definition) is 0. The van der Waals surface area contributed by atoms with Gasteiger partial charge in [0, 0.05) is 64.6 Å². The SMILES string of the molecule is CC[Si](CC)(CC)O[C@@H](COC)C[C@H]1O[C@@](OC)([C@@H]2OC(=O)O[C@H]2C[C@H](OC)[C@H](CC/C=C(C)/C=C/[C@@H](O[C@@H]2O[C@@H](C)[C@H](OC)[C@@H](O[Si](C)(C)C(C)(C)C)[C@@H]2O[Si](C)(C)C(C)(C)C)[C@H](C)/C=C(C)/C=C(C)/C=C(\C)C(=O)OC)O[Si](C)(C)C(C)(C)C)[C@H](C)[C@@H](O[Si](C)(C)C(C)(C)C)[C@H]1C. The molecule has 3 rings (SSSR count). The maximum absolute atomic E-state index is 13.9. The quantitative estimate of drug-likeness (QED) is 0.0251. The van der Waals surface area contributed by atoms with Crippen LogP contribution >= 0.6 is 0 Å². The summed E-state index contributed by atoms with van der Waals surface area (Å²) >= 11 is 0. The molecule has 3 aliphatic rings. The largest absolute Gasteiger partial charge is 0.509 e. The number of allylic oxidation sites excluding steroid dienone is 7. The fourth-order valence-corrected chi connectivity index (χ4v) is 21.2. The van der Waals surface area contributed by atoms with Gasteiger partial charge in [-0.3, -0.25) is 0 Å². The Hall–Kier alpha value is -1.96. The highest BCUT2D eigenvalue weighted by Crippen LogP contribution is 2.51. The van der Waals surface area contributed by atoms with Crippen molar-refractivity contribution in [1.82, 2.24) is 0 Å². The molecule has 3 heterocycles. The Balaban J connectivity index is 2.26. The highest BCUT2D eigenvalue weighted by Gasteiger charge is 2.64. The molecule has 0 aromatic heterocycles. The van der Waals surface area contributed by atoms with Gasteiger partial charge in [0.2, 0.25) is 5.79 Å². The normalized spacial score (nSPS) is 28.2. The Morgan fingerprint density at radius 3 is 1.63 bits per heavy atom. The molecule has 3 aliphatic heterocycles. The van der Waals surface area contributed by atoms with Gasteiger partial charge in [0.05, 0.1) is 56.4 Å². The summed E-state index contributed by atoms with van der Waals surface area (Å²) in [5.74, 6) is -2.56. The lowest BCUT2D eigenvalue weighted by molar-refractivity contribution is -0.359. The first-order valence-corrected chi connectivity index (χ1v) is 51.3. The summed E-state index contributed by atoms with van der Waals surface area (Å²) in [6, 6.07) is 2.98. The van der Waals surface area contributed by atoms with E-state index in [0.29, 0.717) is 31.4 Å². The lowest BCUT2D eigenvalue weighted by Gasteiger charge is -2.55. The molecule has 0 amide bonds. The average molecular weight is 1480 g/mol. The van der Waals surface area contributed by atoms with E-state index in [9.17, 15) is 9.59 Å². The van der Waals surface area contributed by atoms with E-state index >= 15 is 0 Å². The van der Waals surface area contributed by atoms with Gasteiger partial charge in [0.25, 0.3) is 0 Å². The van der Waals surface area contributed by atoms with Gasteiger partial charge in [-0.1, -0.05) is 172 Å². The highest BCUT2D eigenvalue weighted by atomic mass is 28.4. The average Bonchev–Trinajstić information content (AvgIpc) is 1.73. The number of hydrogen-bond acceptors (Lipinski definition) is 17. The second kappa shape index (κ2) is 37.0. The fourth-order valence-electron chi connectivity index (χ4n) is 12.9. The lowest BCUT2D eigenvalue weighted by atomic mass is 9.76. The second-order valence-electron chi connectivity index (χ2n) is 35.2. The molecule has 17 atom stereocenters. The Bertz CT molecular complexity index is 2690. The van der Waals surface area contributed by atoms with Gasteiger partial charge >= 0.3 is 12.1 Å². The maximum atomic E-state index is 13.9. The Labute approximate surface area is 609 Å². The van der Waals surface area contributed by atoms with E-state index in [1.165, 1.54) is 7.11 Å². The van der Waals surface area contributed by atoms with E-state index in [1.54, 1.807) is 35.4 Å². The Morgan fingerprint density at radius 2 is 1.15 bits per heavy atom. The van der Waals surface area contributed by atoms with E-state index in [4.69, 9.17) is 69.5 Å². The number of cyclic esters (lactones) is 2. The Morgan fingerprint density at radius 1 is 0.626 bits per heavy atom. The maximum Gasteiger partial charge on any atom is 0.509 e. The highest BCUT2D eigenvalue weighted by molar-refractivity contribution is 6.75. The van der Waals surface area contributed by atoms with Crippen LogP contribution in [-0.4, -0.2) is 181 Å². The third kappa shape index (κ3) is 24.0. The van der Waals surface area contributed by atoms with Crippen molar-refractivity contribution in [3.8, 4) is 0 Å². The van der Waals surface area contributed by atoms with Gasteiger partial charge in [0.15, 0.2) is 60.1 Å². The van der Waals surface area contributed by atoms with Crippen molar-refractivity contribution in [2.45, 2.75) is 361 Å². The molecule has 99 heavy (non-hydrogen) atoms. The fraction of sp³-hybridized carbons (Fsp3) is 0.844. The van der Waals surface area contributed by atoms with Crippen LogP contribution in [-0.2, 0) is 74.3 Å². The van der Waals surface area contributed by atoms with Crippen molar-refractivity contribution in [2.75, 3.05) is 42.2 Å². The molecule has 0 N–H and O–H groups in total. The number of methoxy groups -OCH3 is 5. The topological polar surface area (TPSA) is 173 Å². The number of esters is 1. The van der Waals surface area contributed by atoms with Crippen molar-refractivity contribution >= 4 is 53.7 Å². The van der Waals surface area contributed by atoms with Gasteiger partial charge in [0.1, 0.15) is 18.3 Å². The third-order valence-electron chi connectivity index (χ3n) is 23.6. The first-order valence-electron chi connectivity index (χ1n) is 37.1. The molecule has 22 heteroatoms. The van der Waals surface area contributed by atoms with Crippen LogP contribution in [0.25, 0.3) is 0 Å². The summed E-state index contributed by atoms with van der Waals surface area (Å²) in [5.41, 5.74) is 3.44. The molecule has 3 fully saturated rings. The number of ether oxygens (including phenoxy) is 10. The summed E-state index contributed by atoms with van der Waals surface area (Å²) in [7, 11) is -3.74. The minimum Gasteiger partial charge on any atom is -0.466 e. The third-order valence-corrected chi connectivity index (χ3v) is 46.3. The lowest BCUT2D eigenvalue weighted by Crippen LogP contribution is -2.67. The van der Waals surface area contributed by atoms with E-state index in [2.05, 4.69) is 221 Å².